The number of amides is 5. The largest absolute Gasteiger partial charge is 0.480 e. The van der Waals surface area contributed by atoms with Gasteiger partial charge in [0.1, 0.15) is 24.2 Å². The number of urea groups is 1. The van der Waals surface area contributed by atoms with Crippen LogP contribution in [0.5, 0.6) is 0 Å². The van der Waals surface area contributed by atoms with Gasteiger partial charge in [0.05, 0.1) is 0 Å². The Morgan fingerprint density at radius 1 is 1.02 bits per heavy atom. The fraction of sp³-hybridized carbons (Fsp3) is 0.607. The van der Waals surface area contributed by atoms with Crippen molar-refractivity contribution in [3.05, 3.63) is 29.8 Å². The molecule has 0 aliphatic rings. The van der Waals surface area contributed by atoms with Crippen molar-refractivity contribution in [1.29, 1.82) is 0 Å². The Balaban J connectivity index is 2.86. The van der Waals surface area contributed by atoms with E-state index in [2.05, 4.69) is 16.0 Å². The molecule has 0 aliphatic carbocycles. The van der Waals surface area contributed by atoms with Crippen LogP contribution in [-0.4, -0.2) is 91.3 Å². The standard InChI is InChI=1S/C28H46N6O7/c1-18(2)23(25(37)38)33(6)16-14-19-10-12-20(13-11-19)34(7)24(36)21(9-8-15-30-26(29)39)32-22(35)17-31-27(40)41-28(3,4)5/h10-13,18,21,23H,8-9,14-17H2,1-7H3,(H,31,40)(H,32,35)(H,37,38)(H3,29,30,39)/t21-,23?/m0/s1. The van der Waals surface area contributed by atoms with Gasteiger partial charge in [-0.25, -0.2) is 9.59 Å². The molecule has 0 saturated carbocycles. The van der Waals surface area contributed by atoms with Crippen molar-refractivity contribution in [2.45, 2.75) is 71.6 Å². The number of benzene rings is 1. The minimum Gasteiger partial charge on any atom is -0.480 e. The molecule has 0 fully saturated rings. The molecule has 0 saturated heterocycles. The predicted octanol–water partition coefficient (Wildman–Crippen LogP) is 1.69. The SMILES string of the molecule is CC(C)C(C(=O)O)N(C)CCc1ccc(N(C)C(=O)[C@H](CCCNC(N)=O)NC(=O)CNC(=O)OC(C)(C)C)cc1. The van der Waals surface area contributed by atoms with Gasteiger partial charge in [0.25, 0.3) is 0 Å². The van der Waals surface area contributed by atoms with Crippen molar-refractivity contribution in [2.75, 3.05) is 38.6 Å². The maximum Gasteiger partial charge on any atom is 0.408 e. The summed E-state index contributed by atoms with van der Waals surface area (Å²) in [4.78, 5) is 63.6. The quantitative estimate of drug-likeness (QED) is 0.195. The van der Waals surface area contributed by atoms with Crippen molar-refractivity contribution in [3.8, 4) is 0 Å². The number of hydrogen-bond donors (Lipinski definition) is 5. The summed E-state index contributed by atoms with van der Waals surface area (Å²) in [7, 11) is 3.38. The van der Waals surface area contributed by atoms with Crippen LogP contribution in [0.15, 0.2) is 24.3 Å². The molecule has 0 heterocycles. The molecule has 41 heavy (non-hydrogen) atoms. The number of nitrogens with one attached hydrogen (secondary N) is 3. The second-order valence-electron chi connectivity index (χ2n) is 11.2. The Morgan fingerprint density at radius 3 is 2.15 bits per heavy atom. The average molecular weight is 579 g/mol. The van der Waals surface area contributed by atoms with E-state index in [0.717, 1.165) is 5.56 Å². The lowest BCUT2D eigenvalue weighted by molar-refractivity contribution is -0.144. The first kappa shape index (κ1) is 35.2. The summed E-state index contributed by atoms with van der Waals surface area (Å²) >= 11 is 0. The summed E-state index contributed by atoms with van der Waals surface area (Å²) < 4.78 is 5.12. The van der Waals surface area contributed by atoms with Crippen LogP contribution in [0.25, 0.3) is 0 Å². The molecule has 1 aromatic rings. The van der Waals surface area contributed by atoms with Crippen molar-refractivity contribution in [1.82, 2.24) is 20.9 Å². The summed E-state index contributed by atoms with van der Waals surface area (Å²) in [5.41, 5.74) is 5.95. The molecule has 13 heteroatoms. The van der Waals surface area contributed by atoms with Gasteiger partial charge < -0.3 is 36.4 Å². The second-order valence-corrected chi connectivity index (χ2v) is 11.2. The molecule has 0 spiro atoms. The molecule has 1 unspecified atom stereocenters. The lowest BCUT2D eigenvalue weighted by atomic mass is 10.0. The Labute approximate surface area is 242 Å². The maximum absolute atomic E-state index is 13.4. The number of nitrogens with zero attached hydrogens (tertiary/aromatic N) is 2. The normalized spacial score (nSPS) is 12.8. The van der Waals surface area contributed by atoms with E-state index in [0.29, 0.717) is 25.1 Å². The highest BCUT2D eigenvalue weighted by Crippen LogP contribution is 2.17. The molecular weight excluding hydrogens is 532 g/mol. The third-order valence-corrected chi connectivity index (χ3v) is 6.16. The summed E-state index contributed by atoms with van der Waals surface area (Å²) in [5, 5.41) is 17.0. The van der Waals surface area contributed by atoms with E-state index in [1.54, 1.807) is 47.0 Å². The zero-order chi connectivity index (χ0) is 31.3. The number of primary amides is 1. The molecule has 2 atom stereocenters. The van der Waals surface area contributed by atoms with Gasteiger partial charge in [-0.1, -0.05) is 26.0 Å². The highest BCUT2D eigenvalue weighted by Gasteiger charge is 2.27. The van der Waals surface area contributed by atoms with E-state index in [9.17, 15) is 29.1 Å². The fourth-order valence-corrected chi connectivity index (χ4v) is 4.16. The lowest BCUT2D eigenvalue weighted by Gasteiger charge is -2.27. The van der Waals surface area contributed by atoms with Crippen LogP contribution in [0, 0.1) is 5.92 Å². The molecule has 1 aromatic carbocycles. The molecule has 13 nitrogen and oxygen atoms in total. The number of alkyl carbamates (subject to hydrolysis) is 1. The van der Waals surface area contributed by atoms with Crippen LogP contribution < -0.4 is 26.6 Å². The van der Waals surface area contributed by atoms with E-state index in [-0.39, 0.29) is 31.3 Å². The van der Waals surface area contributed by atoms with Gasteiger partial charge in [0, 0.05) is 25.8 Å². The van der Waals surface area contributed by atoms with E-state index in [1.165, 1.54) is 4.90 Å². The number of carboxylic acid groups (broad SMARTS) is 1. The summed E-state index contributed by atoms with van der Waals surface area (Å²) in [6.07, 6.45) is 0.452. The van der Waals surface area contributed by atoms with Crippen LogP contribution in [0.1, 0.15) is 53.0 Å². The van der Waals surface area contributed by atoms with Gasteiger partial charge in [-0.05, 0) is 70.7 Å². The van der Waals surface area contributed by atoms with Crippen molar-refractivity contribution < 1.29 is 33.8 Å². The first-order valence-corrected chi connectivity index (χ1v) is 13.6. The maximum atomic E-state index is 13.4. The van der Waals surface area contributed by atoms with Crippen molar-refractivity contribution >= 4 is 35.6 Å². The summed E-state index contributed by atoms with van der Waals surface area (Å²) in [6.45, 7) is 9.23. The molecule has 230 valence electrons. The fourth-order valence-electron chi connectivity index (χ4n) is 4.16. The molecule has 6 N–H and O–H groups in total. The van der Waals surface area contributed by atoms with Gasteiger partial charge in [-0.2, -0.15) is 0 Å². The number of hydrogen-bond acceptors (Lipinski definition) is 7. The smallest absolute Gasteiger partial charge is 0.408 e. The molecule has 0 radical (unpaired) electrons. The number of rotatable bonds is 15. The van der Waals surface area contributed by atoms with Gasteiger partial charge in [0.2, 0.25) is 11.8 Å². The Hall–Kier alpha value is -3.87. The third kappa shape index (κ3) is 13.4. The van der Waals surface area contributed by atoms with Crippen LogP contribution in [0.3, 0.4) is 0 Å². The van der Waals surface area contributed by atoms with Gasteiger partial charge >= 0.3 is 18.1 Å². The summed E-state index contributed by atoms with van der Waals surface area (Å²) in [6, 6.07) is 5.09. The lowest BCUT2D eigenvalue weighted by Crippen LogP contribution is -2.50. The summed E-state index contributed by atoms with van der Waals surface area (Å²) in [5.74, 6) is -1.85. The monoisotopic (exact) mass is 578 g/mol. The number of anilines is 1. The molecule has 0 aliphatic heterocycles. The number of likely N-dealkylation sites (N-methyl/N-ethyl adjacent to an activating group) is 2. The Morgan fingerprint density at radius 2 is 1.63 bits per heavy atom. The number of aliphatic carboxylic acids is 1. The second kappa shape index (κ2) is 16.4. The number of ether oxygens (including phenoxy) is 1. The van der Waals surface area contributed by atoms with Crippen LogP contribution >= 0.6 is 0 Å². The zero-order valence-electron chi connectivity index (χ0n) is 25.2. The zero-order valence-corrected chi connectivity index (χ0v) is 25.2. The minimum absolute atomic E-state index is 0.0346. The highest BCUT2D eigenvalue weighted by molar-refractivity contribution is 5.99. The van der Waals surface area contributed by atoms with Gasteiger partial charge in [-0.15, -0.1) is 0 Å². The predicted molar refractivity (Wildman–Crippen MR) is 155 cm³/mol. The minimum atomic E-state index is -0.931. The first-order valence-electron chi connectivity index (χ1n) is 13.6. The van der Waals surface area contributed by atoms with Gasteiger partial charge in [0.15, 0.2) is 0 Å². The number of carbonyl (C=O) groups is 5. The molecular formula is C28H46N6O7. The van der Waals surface area contributed by atoms with Gasteiger partial charge in [-0.3, -0.25) is 19.3 Å². The van der Waals surface area contributed by atoms with E-state index < -0.39 is 41.7 Å². The average Bonchev–Trinajstić information content (AvgIpc) is 2.86. The molecule has 5 amide bonds. The van der Waals surface area contributed by atoms with Crippen molar-refractivity contribution in [3.63, 3.8) is 0 Å². The van der Waals surface area contributed by atoms with E-state index in [4.69, 9.17) is 10.5 Å². The van der Waals surface area contributed by atoms with E-state index >= 15 is 0 Å². The molecule has 0 aromatic heterocycles. The molecule has 0 bridgehead atoms. The molecule has 1 rings (SSSR count). The Bertz CT molecular complexity index is 1040. The van der Waals surface area contributed by atoms with Crippen LogP contribution in [0.4, 0.5) is 15.3 Å². The number of carboxylic acids is 1. The van der Waals surface area contributed by atoms with Crippen molar-refractivity contribution in [2.24, 2.45) is 11.7 Å². The van der Waals surface area contributed by atoms with Crippen LogP contribution in [0.2, 0.25) is 0 Å². The highest BCUT2D eigenvalue weighted by atomic mass is 16.6. The van der Waals surface area contributed by atoms with Crippen LogP contribution in [-0.2, 0) is 25.5 Å². The topological polar surface area (TPSA) is 183 Å². The number of carbonyl (C=O) groups excluding carboxylic acids is 4. The first-order chi connectivity index (χ1) is 19.0. The third-order valence-electron chi connectivity index (χ3n) is 6.16. The number of nitrogens with two attached hydrogens (primary N) is 1. The Kier molecular flexibility index (Phi) is 14.1. The van der Waals surface area contributed by atoms with E-state index in [1.807, 2.05) is 30.9 Å².